The van der Waals surface area contributed by atoms with Crippen LogP contribution in [0.15, 0.2) is 42.5 Å². The van der Waals surface area contributed by atoms with Gasteiger partial charge in [-0.3, -0.25) is 4.90 Å². The highest BCUT2D eigenvalue weighted by atomic mass is 16.5. The summed E-state index contributed by atoms with van der Waals surface area (Å²) in [6, 6.07) is 14.4. The third kappa shape index (κ3) is 5.73. The number of likely N-dealkylation sites (tertiary alicyclic amines) is 1. The van der Waals surface area contributed by atoms with E-state index >= 15 is 0 Å². The summed E-state index contributed by atoms with van der Waals surface area (Å²) in [7, 11) is 1.61. The maximum atomic E-state index is 12.3. The van der Waals surface area contributed by atoms with E-state index in [1.807, 2.05) is 25.1 Å². The van der Waals surface area contributed by atoms with E-state index in [4.69, 9.17) is 4.74 Å². The van der Waals surface area contributed by atoms with Crippen LogP contribution in [0.2, 0.25) is 0 Å². The number of anilines is 1. The molecule has 150 valence electrons. The van der Waals surface area contributed by atoms with E-state index in [1.165, 1.54) is 11.1 Å². The maximum absolute atomic E-state index is 12.3. The number of hydrogen-bond acceptors (Lipinski definition) is 3. The van der Waals surface area contributed by atoms with E-state index in [0.717, 1.165) is 38.0 Å². The Labute approximate surface area is 168 Å². The highest BCUT2D eigenvalue weighted by Crippen LogP contribution is 2.25. The lowest BCUT2D eigenvalue weighted by molar-refractivity contribution is 0.175. The summed E-state index contributed by atoms with van der Waals surface area (Å²) in [6.45, 7) is 7.98. The van der Waals surface area contributed by atoms with Crippen molar-refractivity contribution in [2.45, 2.75) is 33.2 Å². The van der Waals surface area contributed by atoms with Crippen molar-refractivity contribution in [1.82, 2.24) is 10.2 Å². The lowest BCUT2D eigenvalue weighted by Gasteiger charge is -2.32. The fourth-order valence-electron chi connectivity index (χ4n) is 3.62. The van der Waals surface area contributed by atoms with Crippen LogP contribution in [0, 0.1) is 19.8 Å². The molecule has 2 amide bonds. The van der Waals surface area contributed by atoms with Crippen molar-refractivity contribution in [2.24, 2.45) is 5.92 Å². The number of carbonyl (C=O) groups excluding carboxylic acids is 1. The second-order valence-electron chi connectivity index (χ2n) is 7.74. The van der Waals surface area contributed by atoms with Gasteiger partial charge in [-0.1, -0.05) is 35.9 Å². The number of piperidine rings is 1. The Balaban J connectivity index is 1.41. The largest absolute Gasteiger partial charge is 0.495 e. The molecule has 5 nitrogen and oxygen atoms in total. The minimum absolute atomic E-state index is 0.175. The first-order chi connectivity index (χ1) is 13.5. The van der Waals surface area contributed by atoms with Crippen molar-refractivity contribution in [3.8, 4) is 5.75 Å². The van der Waals surface area contributed by atoms with Gasteiger partial charge in [-0.25, -0.2) is 4.79 Å². The second-order valence-corrected chi connectivity index (χ2v) is 7.74. The Kier molecular flexibility index (Phi) is 6.93. The molecule has 28 heavy (non-hydrogen) atoms. The lowest BCUT2D eigenvalue weighted by Crippen LogP contribution is -2.39. The van der Waals surface area contributed by atoms with Crippen LogP contribution in [-0.4, -0.2) is 37.7 Å². The van der Waals surface area contributed by atoms with Gasteiger partial charge in [-0.05, 0) is 69.0 Å². The van der Waals surface area contributed by atoms with E-state index in [-0.39, 0.29) is 6.03 Å². The van der Waals surface area contributed by atoms with Crippen LogP contribution in [0.3, 0.4) is 0 Å². The molecule has 0 atom stereocenters. The van der Waals surface area contributed by atoms with Crippen LogP contribution in [0.5, 0.6) is 5.75 Å². The number of methoxy groups -OCH3 is 1. The molecule has 0 aliphatic carbocycles. The number of urea groups is 1. The smallest absolute Gasteiger partial charge is 0.319 e. The predicted octanol–water partition coefficient (Wildman–Crippen LogP) is 4.35. The Morgan fingerprint density at radius 2 is 1.75 bits per heavy atom. The van der Waals surface area contributed by atoms with E-state index in [2.05, 4.69) is 46.7 Å². The van der Waals surface area contributed by atoms with Gasteiger partial charge in [0.05, 0.1) is 12.8 Å². The van der Waals surface area contributed by atoms with Gasteiger partial charge in [-0.2, -0.15) is 0 Å². The zero-order chi connectivity index (χ0) is 19.9. The fourth-order valence-corrected chi connectivity index (χ4v) is 3.62. The summed E-state index contributed by atoms with van der Waals surface area (Å²) >= 11 is 0. The lowest BCUT2D eigenvalue weighted by atomic mass is 9.96. The van der Waals surface area contributed by atoms with Crippen LogP contribution < -0.4 is 15.4 Å². The third-order valence-corrected chi connectivity index (χ3v) is 5.39. The summed E-state index contributed by atoms with van der Waals surface area (Å²) < 4.78 is 5.31. The summed E-state index contributed by atoms with van der Waals surface area (Å²) in [5.41, 5.74) is 4.45. The molecule has 0 bridgehead atoms. The van der Waals surface area contributed by atoms with Gasteiger partial charge in [0, 0.05) is 13.1 Å². The SMILES string of the molecule is COc1ccc(C)cc1NC(=O)NCC1CCN(Cc2ccc(C)cc2)CC1. The highest BCUT2D eigenvalue weighted by molar-refractivity contribution is 5.91. The first-order valence-corrected chi connectivity index (χ1v) is 10.0. The van der Waals surface area contributed by atoms with Crippen molar-refractivity contribution >= 4 is 11.7 Å². The van der Waals surface area contributed by atoms with Crippen molar-refractivity contribution in [3.63, 3.8) is 0 Å². The van der Waals surface area contributed by atoms with Gasteiger partial charge in [0.15, 0.2) is 0 Å². The fraction of sp³-hybridized carbons (Fsp3) is 0.435. The summed E-state index contributed by atoms with van der Waals surface area (Å²) in [5.74, 6) is 1.20. The van der Waals surface area contributed by atoms with Crippen LogP contribution in [-0.2, 0) is 6.54 Å². The molecule has 0 unspecified atom stereocenters. The number of ether oxygens (including phenoxy) is 1. The van der Waals surface area contributed by atoms with Crippen molar-refractivity contribution in [3.05, 3.63) is 59.2 Å². The monoisotopic (exact) mass is 381 g/mol. The average Bonchev–Trinajstić information content (AvgIpc) is 2.69. The number of benzene rings is 2. The molecule has 1 heterocycles. The Hall–Kier alpha value is -2.53. The van der Waals surface area contributed by atoms with E-state index < -0.39 is 0 Å². The predicted molar refractivity (Wildman–Crippen MR) is 114 cm³/mol. The van der Waals surface area contributed by atoms with E-state index in [1.54, 1.807) is 7.11 Å². The van der Waals surface area contributed by atoms with Crippen molar-refractivity contribution in [1.29, 1.82) is 0 Å². The van der Waals surface area contributed by atoms with Gasteiger partial charge in [0.25, 0.3) is 0 Å². The molecular formula is C23H31N3O2. The number of amides is 2. The molecule has 0 spiro atoms. The highest BCUT2D eigenvalue weighted by Gasteiger charge is 2.20. The van der Waals surface area contributed by atoms with Gasteiger partial charge in [0.1, 0.15) is 5.75 Å². The normalized spacial score (nSPS) is 15.2. The van der Waals surface area contributed by atoms with Gasteiger partial charge < -0.3 is 15.4 Å². The summed E-state index contributed by atoms with van der Waals surface area (Å²) in [4.78, 5) is 14.8. The minimum Gasteiger partial charge on any atom is -0.495 e. The molecular weight excluding hydrogens is 350 g/mol. The number of nitrogens with zero attached hydrogens (tertiary/aromatic N) is 1. The first kappa shape index (κ1) is 20.2. The number of aryl methyl sites for hydroxylation is 2. The van der Waals surface area contributed by atoms with Crippen LogP contribution in [0.1, 0.15) is 29.5 Å². The second kappa shape index (κ2) is 9.60. The average molecular weight is 382 g/mol. The molecule has 0 saturated carbocycles. The molecule has 1 saturated heterocycles. The quantitative estimate of drug-likeness (QED) is 0.782. The molecule has 2 N–H and O–H groups in total. The first-order valence-electron chi connectivity index (χ1n) is 10.0. The van der Waals surface area contributed by atoms with Crippen molar-refractivity contribution in [2.75, 3.05) is 32.1 Å². The molecule has 2 aromatic rings. The molecule has 3 rings (SSSR count). The zero-order valence-corrected chi connectivity index (χ0v) is 17.1. The molecule has 1 fully saturated rings. The standard InChI is InChI=1S/C23H31N3O2/c1-17-4-7-20(8-5-17)16-26-12-10-19(11-13-26)15-24-23(27)25-21-14-18(2)6-9-22(21)28-3/h4-9,14,19H,10-13,15-16H2,1-3H3,(H2,24,25,27). The Bertz CT molecular complexity index is 781. The maximum Gasteiger partial charge on any atom is 0.319 e. The number of hydrogen-bond donors (Lipinski definition) is 2. The summed E-state index contributed by atoms with van der Waals surface area (Å²) in [6.07, 6.45) is 2.22. The molecule has 0 radical (unpaired) electrons. The Morgan fingerprint density at radius 1 is 1.07 bits per heavy atom. The van der Waals surface area contributed by atoms with Gasteiger partial charge in [0.2, 0.25) is 0 Å². The molecule has 1 aliphatic heterocycles. The van der Waals surface area contributed by atoms with E-state index in [9.17, 15) is 4.79 Å². The van der Waals surface area contributed by atoms with Gasteiger partial charge in [-0.15, -0.1) is 0 Å². The van der Waals surface area contributed by atoms with Crippen molar-refractivity contribution < 1.29 is 9.53 Å². The zero-order valence-electron chi connectivity index (χ0n) is 17.1. The summed E-state index contributed by atoms with van der Waals surface area (Å²) in [5, 5.41) is 5.92. The van der Waals surface area contributed by atoms with Crippen LogP contribution >= 0.6 is 0 Å². The minimum atomic E-state index is -0.175. The number of nitrogens with one attached hydrogen (secondary N) is 2. The Morgan fingerprint density at radius 3 is 2.43 bits per heavy atom. The number of rotatable bonds is 6. The number of carbonyl (C=O) groups is 1. The molecule has 5 heteroatoms. The molecule has 2 aromatic carbocycles. The third-order valence-electron chi connectivity index (χ3n) is 5.39. The van der Waals surface area contributed by atoms with Gasteiger partial charge >= 0.3 is 6.03 Å². The van der Waals surface area contributed by atoms with E-state index in [0.29, 0.717) is 23.9 Å². The molecule has 0 aromatic heterocycles. The van der Waals surface area contributed by atoms with Crippen LogP contribution in [0.25, 0.3) is 0 Å². The molecule has 1 aliphatic rings. The topological polar surface area (TPSA) is 53.6 Å². The van der Waals surface area contributed by atoms with Crippen LogP contribution in [0.4, 0.5) is 10.5 Å².